The van der Waals surface area contributed by atoms with E-state index in [0.717, 1.165) is 48.0 Å². The highest BCUT2D eigenvalue weighted by Crippen LogP contribution is 2.52. The highest BCUT2D eigenvalue weighted by Gasteiger charge is 2.47. The molecule has 5 rings (SSSR count). The maximum absolute atomic E-state index is 13.8. The molecule has 1 saturated carbocycles. The van der Waals surface area contributed by atoms with Crippen LogP contribution >= 0.6 is 12.6 Å². The fourth-order valence-corrected chi connectivity index (χ4v) is 5.52. The molecule has 6 nitrogen and oxygen atoms in total. The van der Waals surface area contributed by atoms with Gasteiger partial charge in [0.25, 0.3) is 0 Å². The summed E-state index contributed by atoms with van der Waals surface area (Å²) in [6, 6.07) is 12.4. The van der Waals surface area contributed by atoms with Crippen LogP contribution < -0.4 is 15.0 Å². The van der Waals surface area contributed by atoms with Crippen LogP contribution in [0.3, 0.4) is 0 Å². The van der Waals surface area contributed by atoms with Crippen LogP contribution in [0.25, 0.3) is 11.1 Å². The van der Waals surface area contributed by atoms with Gasteiger partial charge in [-0.2, -0.15) is 13.2 Å². The van der Waals surface area contributed by atoms with Crippen LogP contribution in [0.4, 0.5) is 23.7 Å². The minimum absolute atomic E-state index is 0.141. The van der Waals surface area contributed by atoms with Crippen molar-refractivity contribution in [1.29, 1.82) is 0 Å². The molecule has 10 heteroatoms. The van der Waals surface area contributed by atoms with E-state index in [1.54, 1.807) is 23.1 Å². The number of anilines is 1. The average molecular weight is 515 g/mol. The fourth-order valence-electron chi connectivity index (χ4n) is 5.37. The van der Waals surface area contributed by atoms with Crippen LogP contribution in [-0.2, 0) is 18.1 Å². The number of carbonyl (C=O) groups is 1. The highest BCUT2D eigenvalue weighted by molar-refractivity contribution is 7.80. The zero-order valence-corrected chi connectivity index (χ0v) is 20.5. The lowest BCUT2D eigenvalue weighted by Gasteiger charge is -2.25. The van der Waals surface area contributed by atoms with Crippen molar-refractivity contribution < 1.29 is 22.7 Å². The maximum atomic E-state index is 13.8. The summed E-state index contributed by atoms with van der Waals surface area (Å²) in [7, 11) is 1.29. The first kappa shape index (κ1) is 24.4. The lowest BCUT2D eigenvalue weighted by Crippen LogP contribution is -2.41. The number of alkyl halides is 3. The number of aromatic nitrogens is 2. The zero-order chi connectivity index (χ0) is 25.5. The Morgan fingerprint density at radius 1 is 1.14 bits per heavy atom. The Bertz CT molecular complexity index is 1290. The third kappa shape index (κ3) is 4.38. The van der Waals surface area contributed by atoms with E-state index in [1.807, 2.05) is 24.3 Å². The smallest absolute Gasteiger partial charge is 0.434 e. The summed E-state index contributed by atoms with van der Waals surface area (Å²) in [6.45, 7) is 0.846. The van der Waals surface area contributed by atoms with Gasteiger partial charge >= 0.3 is 12.2 Å². The molecule has 1 spiro atoms. The van der Waals surface area contributed by atoms with E-state index in [-0.39, 0.29) is 22.9 Å². The number of nitrogens with zero attached hydrogens (tertiary/aromatic N) is 3. The molecule has 1 aliphatic carbocycles. The fraction of sp³-hybridized carbons (Fsp3) is 0.346. The van der Waals surface area contributed by atoms with E-state index >= 15 is 0 Å². The number of amides is 2. The van der Waals surface area contributed by atoms with Gasteiger partial charge in [0, 0.05) is 29.1 Å². The van der Waals surface area contributed by atoms with Crippen molar-refractivity contribution in [2.75, 3.05) is 18.6 Å². The molecule has 3 aromatic rings. The SMILES string of the molecule is COc1ncnc(C(F)(F)F)c1-c1ccc2c(c1)C1(CCCC1)CN2C(=O)NCc1ccc(S)cc1. The number of methoxy groups -OCH3 is 1. The van der Waals surface area contributed by atoms with Crippen molar-refractivity contribution in [3.8, 4) is 17.0 Å². The summed E-state index contributed by atoms with van der Waals surface area (Å²) in [5.74, 6) is -0.141. The van der Waals surface area contributed by atoms with Gasteiger partial charge in [0.05, 0.1) is 12.7 Å². The van der Waals surface area contributed by atoms with Gasteiger partial charge in [-0.15, -0.1) is 12.6 Å². The first-order chi connectivity index (χ1) is 17.2. The predicted molar refractivity (Wildman–Crippen MR) is 132 cm³/mol. The number of halogens is 3. The van der Waals surface area contributed by atoms with Gasteiger partial charge in [0.2, 0.25) is 5.88 Å². The van der Waals surface area contributed by atoms with Gasteiger partial charge in [-0.25, -0.2) is 14.8 Å². The molecule has 0 saturated heterocycles. The molecule has 1 aliphatic heterocycles. The van der Waals surface area contributed by atoms with Gasteiger partial charge in [0.1, 0.15) is 6.33 Å². The Hall–Kier alpha value is -3.27. The molecule has 2 heterocycles. The number of benzene rings is 2. The Balaban J connectivity index is 1.52. The van der Waals surface area contributed by atoms with Crippen molar-refractivity contribution in [1.82, 2.24) is 15.3 Å². The number of ether oxygens (including phenoxy) is 1. The number of hydrogen-bond donors (Lipinski definition) is 2. The van der Waals surface area contributed by atoms with Gasteiger partial charge in [0.15, 0.2) is 5.69 Å². The van der Waals surface area contributed by atoms with Gasteiger partial charge in [-0.1, -0.05) is 31.0 Å². The maximum Gasteiger partial charge on any atom is 0.434 e. The van der Waals surface area contributed by atoms with E-state index < -0.39 is 11.9 Å². The van der Waals surface area contributed by atoms with Crippen molar-refractivity contribution in [2.24, 2.45) is 0 Å². The summed E-state index contributed by atoms with van der Waals surface area (Å²) >= 11 is 4.28. The van der Waals surface area contributed by atoms with E-state index in [1.165, 1.54) is 7.11 Å². The Labute approximate surface area is 212 Å². The van der Waals surface area contributed by atoms with Gasteiger partial charge in [-0.3, -0.25) is 4.90 Å². The largest absolute Gasteiger partial charge is 0.480 e. The number of rotatable bonds is 4. The molecule has 2 aliphatic rings. The number of urea groups is 1. The van der Waals surface area contributed by atoms with Gasteiger partial charge < -0.3 is 10.1 Å². The second kappa shape index (κ2) is 9.31. The third-order valence-electron chi connectivity index (χ3n) is 7.07. The molecule has 0 atom stereocenters. The average Bonchev–Trinajstić information content (AvgIpc) is 3.47. The number of carbonyl (C=O) groups excluding carboxylic acids is 1. The molecule has 188 valence electrons. The molecular formula is C26H25F3N4O2S. The highest BCUT2D eigenvalue weighted by atomic mass is 32.1. The van der Waals surface area contributed by atoms with Crippen LogP contribution in [0.2, 0.25) is 0 Å². The second-order valence-electron chi connectivity index (χ2n) is 9.23. The van der Waals surface area contributed by atoms with Crippen LogP contribution in [0.1, 0.15) is 42.5 Å². The Kier molecular flexibility index (Phi) is 6.32. The summed E-state index contributed by atoms with van der Waals surface area (Å²) in [4.78, 5) is 23.2. The molecule has 2 aromatic carbocycles. The first-order valence-corrected chi connectivity index (χ1v) is 12.1. The van der Waals surface area contributed by atoms with Crippen molar-refractivity contribution in [2.45, 2.75) is 48.7 Å². The van der Waals surface area contributed by atoms with Crippen molar-refractivity contribution in [3.05, 3.63) is 65.6 Å². The van der Waals surface area contributed by atoms with Crippen LogP contribution in [0.5, 0.6) is 5.88 Å². The molecule has 36 heavy (non-hydrogen) atoms. The molecule has 2 amide bonds. The Morgan fingerprint density at radius 3 is 2.53 bits per heavy atom. The van der Waals surface area contributed by atoms with Crippen molar-refractivity contribution >= 4 is 24.3 Å². The summed E-state index contributed by atoms with van der Waals surface area (Å²) < 4.78 is 46.6. The summed E-state index contributed by atoms with van der Waals surface area (Å²) in [5, 5.41) is 2.97. The molecule has 0 bridgehead atoms. The number of fused-ring (bicyclic) bond motifs is 2. The lowest BCUT2D eigenvalue weighted by molar-refractivity contribution is -0.140. The summed E-state index contributed by atoms with van der Waals surface area (Å²) in [5.41, 5.74) is 1.33. The van der Waals surface area contributed by atoms with E-state index in [2.05, 4.69) is 27.9 Å². The lowest BCUT2D eigenvalue weighted by atomic mass is 9.80. The van der Waals surface area contributed by atoms with E-state index in [4.69, 9.17) is 4.74 Å². The quantitative estimate of drug-likeness (QED) is 0.419. The monoisotopic (exact) mass is 514 g/mol. The summed E-state index contributed by atoms with van der Waals surface area (Å²) in [6.07, 6.45) is -0.0858. The van der Waals surface area contributed by atoms with Crippen LogP contribution in [0, 0.1) is 0 Å². The molecule has 0 radical (unpaired) electrons. The molecular weight excluding hydrogens is 489 g/mol. The first-order valence-electron chi connectivity index (χ1n) is 11.7. The van der Waals surface area contributed by atoms with E-state index in [0.29, 0.717) is 24.3 Å². The standard InChI is InChI=1S/C26H25F3N4O2S/c1-35-23-21(22(26(27,28)29)31-15-32-23)17-6-9-20-19(12-17)25(10-2-3-11-25)14-33(20)24(34)30-13-16-4-7-18(36)8-5-16/h4-9,12,15,36H,2-3,10-11,13-14H2,1H3,(H,30,34). The number of thiol groups is 1. The molecule has 1 aromatic heterocycles. The molecule has 1 fully saturated rings. The van der Waals surface area contributed by atoms with Crippen LogP contribution in [-0.4, -0.2) is 29.7 Å². The minimum atomic E-state index is -4.67. The topological polar surface area (TPSA) is 67.4 Å². The van der Waals surface area contributed by atoms with Gasteiger partial charge in [-0.05, 0) is 53.8 Å². The molecule has 1 N–H and O–H groups in total. The number of nitrogens with one attached hydrogen (secondary N) is 1. The molecule has 0 unspecified atom stereocenters. The minimum Gasteiger partial charge on any atom is -0.480 e. The zero-order valence-electron chi connectivity index (χ0n) is 19.6. The van der Waals surface area contributed by atoms with E-state index in [9.17, 15) is 18.0 Å². The second-order valence-corrected chi connectivity index (χ2v) is 9.75. The van der Waals surface area contributed by atoms with Crippen LogP contribution in [0.15, 0.2) is 53.7 Å². The predicted octanol–water partition coefficient (Wildman–Crippen LogP) is 6.00. The number of hydrogen-bond acceptors (Lipinski definition) is 5. The Morgan fingerprint density at radius 2 is 1.86 bits per heavy atom. The van der Waals surface area contributed by atoms with Crippen molar-refractivity contribution in [3.63, 3.8) is 0 Å². The third-order valence-corrected chi connectivity index (χ3v) is 7.37. The normalized spacial score (nSPS) is 16.3.